The predicted molar refractivity (Wildman–Crippen MR) is 24.7 cm³/mol. The van der Waals surface area contributed by atoms with Crippen molar-refractivity contribution in [1.29, 1.82) is 0 Å². The molecule has 3 nitrogen and oxygen atoms in total. The zero-order valence-electron chi connectivity index (χ0n) is 3.24. The summed E-state index contributed by atoms with van der Waals surface area (Å²) in [6.07, 6.45) is 0.967. The van der Waals surface area contributed by atoms with Gasteiger partial charge in [0.15, 0.2) is 0 Å². The van der Waals surface area contributed by atoms with Gasteiger partial charge >= 0.3 is 50.2 Å². The SMILES string of the molecule is O=[As](O)O/C=C/Cl. The summed E-state index contributed by atoms with van der Waals surface area (Å²) in [7, 11) is 0. The molecule has 5 heteroatoms. The minimum absolute atomic E-state index is 0.967. The van der Waals surface area contributed by atoms with Gasteiger partial charge in [0.1, 0.15) is 0 Å². The summed E-state index contributed by atoms with van der Waals surface area (Å²) >= 11 is 1.75. The molecule has 0 aromatic rings. The van der Waals surface area contributed by atoms with E-state index in [1.165, 1.54) is 0 Å². The Kier molecular flexibility index (Phi) is 4.40. The van der Waals surface area contributed by atoms with Crippen molar-refractivity contribution < 1.29 is 11.6 Å². The van der Waals surface area contributed by atoms with Gasteiger partial charge < -0.3 is 0 Å². The molecule has 0 aromatic carbocycles. The first-order chi connectivity index (χ1) is 3.27. The summed E-state index contributed by atoms with van der Waals surface area (Å²) in [6.45, 7) is 0. The van der Waals surface area contributed by atoms with Crippen LogP contribution in [0.5, 0.6) is 0 Å². The van der Waals surface area contributed by atoms with Crippen LogP contribution in [0.3, 0.4) is 0 Å². The van der Waals surface area contributed by atoms with Gasteiger partial charge in [-0.1, -0.05) is 0 Å². The van der Waals surface area contributed by atoms with Crippen LogP contribution in [-0.2, 0) is 7.47 Å². The van der Waals surface area contributed by atoms with Crippen LogP contribution in [0.1, 0.15) is 0 Å². The van der Waals surface area contributed by atoms with Gasteiger partial charge in [0.2, 0.25) is 0 Å². The van der Waals surface area contributed by atoms with E-state index in [0.29, 0.717) is 0 Å². The monoisotopic (exact) mass is 185 g/mol. The molecule has 0 saturated heterocycles. The van der Waals surface area contributed by atoms with E-state index in [1.54, 1.807) is 0 Å². The molecule has 0 aliphatic heterocycles. The Labute approximate surface area is 50.7 Å². The van der Waals surface area contributed by atoms with Crippen LogP contribution in [0.15, 0.2) is 11.8 Å². The van der Waals surface area contributed by atoms with Crippen molar-refractivity contribution in [3.05, 3.63) is 11.8 Å². The first-order valence-electron chi connectivity index (χ1n) is 1.35. The Hall–Kier alpha value is 0.148. The van der Waals surface area contributed by atoms with Crippen molar-refractivity contribution in [2.75, 3.05) is 0 Å². The summed E-state index contributed by atoms with van der Waals surface area (Å²) in [4.78, 5) is 0. The van der Waals surface area contributed by atoms with Crippen LogP contribution in [0.25, 0.3) is 0 Å². The number of halogens is 1. The summed E-state index contributed by atoms with van der Waals surface area (Å²) < 4.78 is 21.6. The van der Waals surface area contributed by atoms with E-state index in [-0.39, 0.29) is 0 Å². The average molecular weight is 185 g/mol. The first-order valence-corrected chi connectivity index (χ1v) is 4.16. The summed E-state index contributed by atoms with van der Waals surface area (Å²) in [5, 5.41) is 0. The van der Waals surface area contributed by atoms with Gasteiger partial charge in [-0.05, 0) is 0 Å². The number of rotatable bonds is 2. The second kappa shape index (κ2) is 4.31. The van der Waals surface area contributed by atoms with Crippen molar-refractivity contribution in [1.82, 2.24) is 0 Å². The van der Waals surface area contributed by atoms with E-state index in [0.717, 1.165) is 11.8 Å². The predicted octanol–water partition coefficient (Wildman–Crippen LogP) is 0.121. The topological polar surface area (TPSA) is 46.5 Å². The molecule has 0 aliphatic carbocycles. The molecular formula is C2H3AsClO3. The fourth-order valence-electron chi connectivity index (χ4n) is 0.0751. The van der Waals surface area contributed by atoms with Crippen LogP contribution in [0, 0.1) is 0 Å². The quantitative estimate of drug-likeness (QED) is 0.491. The summed E-state index contributed by atoms with van der Waals surface area (Å²) in [5.74, 6) is 0. The van der Waals surface area contributed by atoms with E-state index >= 15 is 0 Å². The second-order valence-corrected chi connectivity index (χ2v) is 2.30. The Morgan fingerprint density at radius 1 is 1.86 bits per heavy atom. The molecular weight excluding hydrogens is 182 g/mol. The molecule has 1 unspecified atom stereocenters. The number of hydrogen-bond donors (Lipinski definition) is 1. The molecule has 1 N–H and O–H groups in total. The third-order valence-electron chi connectivity index (χ3n) is 0.202. The fourth-order valence-corrected chi connectivity index (χ4v) is 0.629. The molecule has 1 atom stereocenters. The second-order valence-electron chi connectivity index (χ2n) is 0.605. The molecule has 0 aliphatic rings. The maximum absolute atomic E-state index is 9.66. The van der Waals surface area contributed by atoms with E-state index in [9.17, 15) is 3.74 Å². The molecule has 0 bridgehead atoms. The van der Waals surface area contributed by atoms with Crippen LogP contribution >= 0.6 is 11.6 Å². The Bertz CT molecular complexity index is 90.9. The van der Waals surface area contributed by atoms with Gasteiger partial charge in [-0.15, -0.1) is 0 Å². The third-order valence-corrected chi connectivity index (χ3v) is 0.939. The van der Waals surface area contributed by atoms with Gasteiger partial charge in [-0.2, -0.15) is 0 Å². The molecule has 0 spiro atoms. The van der Waals surface area contributed by atoms with Crippen molar-refractivity contribution >= 4 is 26.9 Å². The third kappa shape index (κ3) is 6.15. The molecule has 0 heterocycles. The summed E-state index contributed by atoms with van der Waals surface area (Å²) in [6, 6.07) is 0. The van der Waals surface area contributed by atoms with E-state index in [1.807, 2.05) is 0 Å². The molecule has 0 amide bonds. The van der Waals surface area contributed by atoms with E-state index < -0.39 is 15.3 Å². The molecule has 0 fully saturated rings. The Morgan fingerprint density at radius 3 is 2.57 bits per heavy atom. The Morgan fingerprint density at radius 2 is 2.43 bits per heavy atom. The van der Waals surface area contributed by atoms with Crippen LogP contribution < -0.4 is 0 Å². The molecule has 1 radical (unpaired) electrons. The van der Waals surface area contributed by atoms with Crippen molar-refractivity contribution in [2.24, 2.45) is 0 Å². The van der Waals surface area contributed by atoms with Crippen molar-refractivity contribution in [2.45, 2.75) is 0 Å². The zero-order valence-corrected chi connectivity index (χ0v) is 5.88. The normalized spacial score (nSPS) is 12.0. The van der Waals surface area contributed by atoms with E-state index in [4.69, 9.17) is 15.7 Å². The summed E-state index contributed by atoms with van der Waals surface area (Å²) in [5.41, 5.74) is 1.02. The van der Waals surface area contributed by atoms with Crippen LogP contribution in [0.2, 0.25) is 0 Å². The first kappa shape index (κ1) is 7.15. The molecule has 0 saturated carbocycles. The van der Waals surface area contributed by atoms with E-state index in [2.05, 4.69) is 3.73 Å². The molecule has 0 aromatic heterocycles. The Balaban J connectivity index is 3.14. The molecule has 0 rings (SSSR count). The van der Waals surface area contributed by atoms with Gasteiger partial charge in [0.25, 0.3) is 0 Å². The fraction of sp³-hybridized carbons (Fsp3) is 0. The zero-order chi connectivity index (χ0) is 5.70. The van der Waals surface area contributed by atoms with Crippen LogP contribution in [0.4, 0.5) is 0 Å². The van der Waals surface area contributed by atoms with Gasteiger partial charge in [0, 0.05) is 0 Å². The molecule has 7 heavy (non-hydrogen) atoms. The van der Waals surface area contributed by atoms with Gasteiger partial charge in [-0.3, -0.25) is 0 Å². The average Bonchev–Trinajstić information content (AvgIpc) is 1.61. The van der Waals surface area contributed by atoms with Gasteiger partial charge in [0.05, 0.1) is 0 Å². The standard InChI is InChI=1S/C2H3AsClO3/c4-1-2-7-3(5)6/h1-2H,(H,5,6)/b2-1+. The van der Waals surface area contributed by atoms with Crippen molar-refractivity contribution in [3.63, 3.8) is 0 Å². The molecule has 41 valence electrons. The van der Waals surface area contributed by atoms with Crippen molar-refractivity contribution in [3.8, 4) is 0 Å². The van der Waals surface area contributed by atoms with Crippen LogP contribution in [-0.4, -0.2) is 19.4 Å². The minimum atomic E-state index is -3.16. The van der Waals surface area contributed by atoms with Gasteiger partial charge in [-0.25, -0.2) is 0 Å². The maximum atomic E-state index is 9.66. The number of hydrogen-bond acceptors (Lipinski definition) is 2.